The van der Waals surface area contributed by atoms with Crippen molar-refractivity contribution in [3.8, 4) is 0 Å². The first-order valence-corrected chi connectivity index (χ1v) is 8.82. The van der Waals surface area contributed by atoms with Crippen LogP contribution in [0.1, 0.15) is 59.8 Å². The standard InChI is InChI=1S/C20H28O3/c1-13-10-16(21)18-19(2,3)8-5-9-20(18,4)15(13)7-6-14-11-17(22)23-12-14/h10-11,15,18H,5-9,12H2,1-4H3/t15-,18-,20+/m0/s1. The summed E-state index contributed by atoms with van der Waals surface area (Å²) in [4.78, 5) is 24.0. The molecule has 3 nitrogen and oxygen atoms in total. The number of rotatable bonds is 3. The number of carbonyl (C=O) groups excluding carboxylic acids is 2. The summed E-state index contributed by atoms with van der Waals surface area (Å²) in [6, 6.07) is 0. The van der Waals surface area contributed by atoms with Gasteiger partial charge < -0.3 is 4.74 Å². The second-order valence-corrected chi connectivity index (χ2v) is 8.57. The quantitative estimate of drug-likeness (QED) is 0.732. The average molecular weight is 316 g/mol. The van der Waals surface area contributed by atoms with E-state index in [9.17, 15) is 9.59 Å². The summed E-state index contributed by atoms with van der Waals surface area (Å²) >= 11 is 0. The normalized spacial score (nSPS) is 36.2. The van der Waals surface area contributed by atoms with E-state index in [4.69, 9.17) is 4.74 Å². The van der Waals surface area contributed by atoms with Crippen molar-refractivity contribution in [3.63, 3.8) is 0 Å². The topological polar surface area (TPSA) is 43.4 Å². The SMILES string of the molecule is CC1=CC(=O)[C@H]2C(C)(C)CCC[C@]2(C)[C@H]1CCC1=CC(=O)OC1. The predicted molar refractivity (Wildman–Crippen MR) is 89.8 cm³/mol. The monoisotopic (exact) mass is 316 g/mol. The molecule has 0 amide bonds. The van der Waals surface area contributed by atoms with Crippen molar-refractivity contribution >= 4 is 11.8 Å². The Hall–Kier alpha value is -1.38. The number of carbonyl (C=O) groups is 2. The van der Waals surface area contributed by atoms with Gasteiger partial charge in [-0.1, -0.05) is 32.8 Å². The highest BCUT2D eigenvalue weighted by molar-refractivity contribution is 5.95. The molecule has 0 radical (unpaired) electrons. The van der Waals surface area contributed by atoms with Gasteiger partial charge in [0, 0.05) is 12.0 Å². The molecule has 3 rings (SSSR count). The van der Waals surface area contributed by atoms with E-state index in [1.54, 1.807) is 6.08 Å². The molecule has 0 saturated heterocycles. The van der Waals surface area contributed by atoms with Gasteiger partial charge in [-0.2, -0.15) is 0 Å². The summed E-state index contributed by atoms with van der Waals surface area (Å²) in [7, 11) is 0. The molecule has 0 bridgehead atoms. The lowest BCUT2D eigenvalue weighted by molar-refractivity contribution is -0.137. The maximum absolute atomic E-state index is 12.8. The Morgan fingerprint density at radius 3 is 2.57 bits per heavy atom. The molecule has 1 saturated carbocycles. The maximum Gasteiger partial charge on any atom is 0.331 e. The Bertz CT molecular complexity index is 596. The number of cyclic esters (lactones) is 1. The first-order valence-electron chi connectivity index (χ1n) is 8.82. The summed E-state index contributed by atoms with van der Waals surface area (Å²) in [5.74, 6) is 0.646. The van der Waals surface area contributed by atoms with Crippen molar-refractivity contribution in [1.82, 2.24) is 0 Å². The van der Waals surface area contributed by atoms with Crippen LogP contribution in [0.2, 0.25) is 0 Å². The molecule has 0 aromatic rings. The summed E-state index contributed by atoms with van der Waals surface area (Å²) in [6.45, 7) is 9.38. The number of hydrogen-bond donors (Lipinski definition) is 0. The molecule has 2 aliphatic carbocycles. The summed E-state index contributed by atoms with van der Waals surface area (Å²) in [5, 5.41) is 0. The van der Waals surface area contributed by atoms with E-state index in [-0.39, 0.29) is 22.7 Å². The van der Waals surface area contributed by atoms with Gasteiger partial charge >= 0.3 is 5.97 Å². The molecule has 126 valence electrons. The van der Waals surface area contributed by atoms with Crippen LogP contribution in [0.25, 0.3) is 0 Å². The molecule has 1 fully saturated rings. The van der Waals surface area contributed by atoms with Gasteiger partial charge in [-0.3, -0.25) is 4.79 Å². The molecule has 23 heavy (non-hydrogen) atoms. The second kappa shape index (κ2) is 5.61. The molecule has 0 spiro atoms. The van der Waals surface area contributed by atoms with Crippen LogP contribution in [0, 0.1) is 22.7 Å². The lowest BCUT2D eigenvalue weighted by Crippen LogP contribution is -2.52. The van der Waals surface area contributed by atoms with Crippen LogP contribution in [0.3, 0.4) is 0 Å². The van der Waals surface area contributed by atoms with E-state index < -0.39 is 0 Å². The van der Waals surface area contributed by atoms with E-state index in [1.165, 1.54) is 12.0 Å². The highest BCUT2D eigenvalue weighted by Gasteiger charge is 2.55. The van der Waals surface area contributed by atoms with Gasteiger partial charge in [0.15, 0.2) is 5.78 Å². The molecule has 3 atom stereocenters. The van der Waals surface area contributed by atoms with Crippen molar-refractivity contribution in [2.75, 3.05) is 6.61 Å². The van der Waals surface area contributed by atoms with Crippen LogP contribution in [0.4, 0.5) is 0 Å². The maximum atomic E-state index is 12.8. The number of esters is 1. The third-order valence-corrected chi connectivity index (χ3v) is 6.45. The predicted octanol–water partition coefficient (Wildman–Crippen LogP) is 4.23. The molecular formula is C20H28O3. The van der Waals surface area contributed by atoms with Gasteiger partial charge in [-0.25, -0.2) is 4.79 Å². The smallest absolute Gasteiger partial charge is 0.331 e. The molecule has 3 aliphatic rings. The first kappa shape index (κ1) is 16.5. The molecule has 0 aromatic carbocycles. The fourth-order valence-electron chi connectivity index (χ4n) is 5.57. The Balaban J connectivity index is 1.86. The van der Waals surface area contributed by atoms with Crippen LogP contribution < -0.4 is 0 Å². The van der Waals surface area contributed by atoms with Gasteiger partial charge in [0.2, 0.25) is 0 Å². The molecule has 1 aliphatic heterocycles. The molecular weight excluding hydrogens is 288 g/mol. The number of hydrogen-bond acceptors (Lipinski definition) is 3. The molecule has 0 unspecified atom stereocenters. The summed E-state index contributed by atoms with van der Waals surface area (Å²) in [6.07, 6.45) is 8.87. The lowest BCUT2D eigenvalue weighted by atomic mass is 9.48. The van der Waals surface area contributed by atoms with Crippen LogP contribution in [0.5, 0.6) is 0 Å². The molecule has 3 heteroatoms. The molecule has 1 heterocycles. The van der Waals surface area contributed by atoms with E-state index >= 15 is 0 Å². The fraction of sp³-hybridized carbons (Fsp3) is 0.700. The van der Waals surface area contributed by atoms with Crippen molar-refractivity contribution in [2.24, 2.45) is 22.7 Å². The Kier molecular flexibility index (Phi) is 4.02. The first-order chi connectivity index (χ1) is 10.7. The average Bonchev–Trinajstić information content (AvgIpc) is 2.82. The zero-order valence-corrected chi connectivity index (χ0v) is 14.8. The number of fused-ring (bicyclic) bond motifs is 1. The largest absolute Gasteiger partial charge is 0.458 e. The number of allylic oxidation sites excluding steroid dienone is 2. The van der Waals surface area contributed by atoms with Crippen LogP contribution in [0.15, 0.2) is 23.3 Å². The van der Waals surface area contributed by atoms with Gasteiger partial charge in [-0.05, 0) is 61.0 Å². The van der Waals surface area contributed by atoms with E-state index in [0.29, 0.717) is 18.3 Å². The van der Waals surface area contributed by atoms with Crippen LogP contribution in [-0.2, 0) is 14.3 Å². The minimum absolute atomic E-state index is 0.0434. The number of ketones is 1. The van der Waals surface area contributed by atoms with Crippen molar-refractivity contribution in [2.45, 2.75) is 59.8 Å². The summed E-state index contributed by atoms with van der Waals surface area (Å²) < 4.78 is 5.01. The lowest BCUT2D eigenvalue weighted by Gasteiger charge is -2.55. The zero-order chi connectivity index (χ0) is 16.8. The van der Waals surface area contributed by atoms with Crippen molar-refractivity contribution in [3.05, 3.63) is 23.3 Å². The van der Waals surface area contributed by atoms with E-state index in [2.05, 4.69) is 27.7 Å². The van der Waals surface area contributed by atoms with Crippen LogP contribution >= 0.6 is 0 Å². The summed E-state index contributed by atoms with van der Waals surface area (Å²) in [5.41, 5.74) is 2.43. The highest BCUT2D eigenvalue weighted by Crippen LogP contribution is 2.59. The minimum atomic E-state index is -0.214. The Morgan fingerprint density at radius 1 is 1.17 bits per heavy atom. The third-order valence-electron chi connectivity index (χ3n) is 6.45. The third kappa shape index (κ3) is 2.79. The molecule has 0 aromatic heterocycles. The van der Waals surface area contributed by atoms with Gasteiger partial charge in [0.25, 0.3) is 0 Å². The zero-order valence-electron chi connectivity index (χ0n) is 14.8. The minimum Gasteiger partial charge on any atom is -0.458 e. The van der Waals surface area contributed by atoms with E-state index in [1.807, 2.05) is 6.08 Å². The van der Waals surface area contributed by atoms with Gasteiger partial charge in [0.05, 0.1) is 0 Å². The fourth-order valence-corrected chi connectivity index (χ4v) is 5.57. The van der Waals surface area contributed by atoms with Crippen LogP contribution in [-0.4, -0.2) is 18.4 Å². The van der Waals surface area contributed by atoms with Gasteiger partial charge in [0.1, 0.15) is 6.61 Å². The van der Waals surface area contributed by atoms with E-state index in [0.717, 1.165) is 31.3 Å². The molecule has 0 N–H and O–H groups in total. The van der Waals surface area contributed by atoms with Crippen molar-refractivity contribution in [1.29, 1.82) is 0 Å². The second-order valence-electron chi connectivity index (χ2n) is 8.57. The highest BCUT2D eigenvalue weighted by atomic mass is 16.5. The number of ether oxygens (including phenoxy) is 1. The Labute approximate surface area is 139 Å². The Morgan fingerprint density at radius 2 is 1.91 bits per heavy atom. The van der Waals surface area contributed by atoms with Crippen molar-refractivity contribution < 1.29 is 14.3 Å². The van der Waals surface area contributed by atoms with Gasteiger partial charge in [-0.15, -0.1) is 0 Å².